The molecule has 0 radical (unpaired) electrons. The van der Waals surface area contributed by atoms with Crippen molar-refractivity contribution in [2.24, 2.45) is 0 Å². The quantitative estimate of drug-likeness (QED) is 0.794. The summed E-state index contributed by atoms with van der Waals surface area (Å²) in [5.41, 5.74) is 10.3. The van der Waals surface area contributed by atoms with Gasteiger partial charge in [-0.2, -0.15) is 0 Å². The van der Waals surface area contributed by atoms with Crippen LogP contribution in [0.2, 0.25) is 0 Å². The minimum Gasteiger partial charge on any atom is -0.384 e. The average molecular weight is 275 g/mol. The summed E-state index contributed by atoms with van der Waals surface area (Å²) in [5.74, 6) is 1.26. The fourth-order valence-corrected chi connectivity index (χ4v) is 2.36. The summed E-state index contributed by atoms with van der Waals surface area (Å²) in [7, 11) is 0. The second-order valence-electron chi connectivity index (χ2n) is 5.13. The molecule has 0 aliphatic carbocycles. The average Bonchev–Trinajstić information content (AvgIpc) is 2.47. The van der Waals surface area contributed by atoms with Crippen LogP contribution in [-0.4, -0.2) is 9.97 Å². The van der Waals surface area contributed by atoms with E-state index in [1.54, 1.807) is 0 Å². The van der Waals surface area contributed by atoms with Gasteiger partial charge in [0.1, 0.15) is 11.6 Å². The zero-order valence-electron chi connectivity index (χ0n) is 12.0. The topological polar surface area (TPSA) is 51.8 Å². The van der Waals surface area contributed by atoms with Gasteiger partial charge in [-0.3, -0.25) is 0 Å². The molecule has 2 N–H and O–H groups in total. The molecule has 3 aromatic rings. The van der Waals surface area contributed by atoms with Crippen LogP contribution in [0.15, 0.2) is 60.7 Å². The van der Waals surface area contributed by atoms with Gasteiger partial charge in [0.05, 0.1) is 5.69 Å². The minimum absolute atomic E-state index is 0.506. The molecule has 0 saturated carbocycles. The number of anilines is 1. The third-order valence-electron chi connectivity index (χ3n) is 3.31. The molecule has 21 heavy (non-hydrogen) atoms. The standard InChI is InChI=1S/C18H17N3/c1-13-6-5-7-14(10-13)11-18-20-16(12-17(19)21-18)15-8-3-2-4-9-15/h2-10,12H,11H2,1H3,(H2,19,20,21). The van der Waals surface area contributed by atoms with Crippen LogP contribution in [0.4, 0.5) is 5.82 Å². The van der Waals surface area contributed by atoms with Crippen LogP contribution in [0, 0.1) is 6.92 Å². The zero-order chi connectivity index (χ0) is 14.7. The first kappa shape index (κ1) is 13.3. The first-order chi connectivity index (χ1) is 10.2. The molecule has 3 nitrogen and oxygen atoms in total. The number of hydrogen-bond acceptors (Lipinski definition) is 3. The zero-order valence-corrected chi connectivity index (χ0v) is 12.0. The van der Waals surface area contributed by atoms with Crippen LogP contribution in [0.25, 0.3) is 11.3 Å². The van der Waals surface area contributed by atoms with Crippen molar-refractivity contribution in [3.8, 4) is 11.3 Å². The lowest BCUT2D eigenvalue weighted by molar-refractivity contribution is 0.977. The van der Waals surface area contributed by atoms with Crippen LogP contribution in [0.3, 0.4) is 0 Å². The van der Waals surface area contributed by atoms with Crippen LogP contribution in [0.5, 0.6) is 0 Å². The van der Waals surface area contributed by atoms with Crippen molar-refractivity contribution in [3.63, 3.8) is 0 Å². The third-order valence-corrected chi connectivity index (χ3v) is 3.31. The Bertz CT molecular complexity index is 751. The smallest absolute Gasteiger partial charge is 0.135 e. The molecule has 0 bridgehead atoms. The molecule has 0 fully saturated rings. The second kappa shape index (κ2) is 5.75. The van der Waals surface area contributed by atoms with E-state index in [0.29, 0.717) is 12.2 Å². The Morgan fingerprint density at radius 2 is 1.71 bits per heavy atom. The van der Waals surface area contributed by atoms with Gasteiger partial charge in [-0.1, -0.05) is 60.2 Å². The van der Waals surface area contributed by atoms with E-state index in [9.17, 15) is 0 Å². The molecule has 0 spiro atoms. The molecular formula is C18H17N3. The Labute approximate surface area is 124 Å². The van der Waals surface area contributed by atoms with Crippen LogP contribution >= 0.6 is 0 Å². The number of nitrogen functional groups attached to an aromatic ring is 1. The molecule has 0 saturated heterocycles. The third kappa shape index (κ3) is 3.26. The first-order valence-electron chi connectivity index (χ1n) is 6.95. The lowest BCUT2D eigenvalue weighted by Crippen LogP contribution is -2.02. The number of aryl methyl sites for hydroxylation is 1. The molecule has 1 heterocycles. The maximum Gasteiger partial charge on any atom is 0.135 e. The Morgan fingerprint density at radius 3 is 2.48 bits per heavy atom. The predicted octanol–water partition coefficient (Wildman–Crippen LogP) is 3.63. The van der Waals surface area contributed by atoms with Gasteiger partial charge < -0.3 is 5.73 Å². The summed E-state index contributed by atoms with van der Waals surface area (Å²) in [6, 6.07) is 20.2. The number of aromatic nitrogens is 2. The highest BCUT2D eigenvalue weighted by Crippen LogP contribution is 2.19. The Kier molecular flexibility index (Phi) is 3.65. The second-order valence-corrected chi connectivity index (χ2v) is 5.13. The Hall–Kier alpha value is -2.68. The Balaban J connectivity index is 1.95. The summed E-state index contributed by atoms with van der Waals surface area (Å²) < 4.78 is 0. The van der Waals surface area contributed by atoms with E-state index in [0.717, 1.165) is 17.1 Å². The molecule has 104 valence electrons. The molecule has 0 unspecified atom stereocenters. The summed E-state index contributed by atoms with van der Waals surface area (Å²) in [5, 5.41) is 0. The molecule has 0 aliphatic heterocycles. The van der Waals surface area contributed by atoms with Gasteiger partial charge >= 0.3 is 0 Å². The van der Waals surface area contributed by atoms with Gasteiger partial charge in [0.15, 0.2) is 0 Å². The van der Waals surface area contributed by atoms with Crippen LogP contribution in [-0.2, 0) is 6.42 Å². The molecule has 0 amide bonds. The van der Waals surface area contributed by atoms with Gasteiger partial charge in [0.25, 0.3) is 0 Å². The van der Waals surface area contributed by atoms with Gasteiger partial charge in [-0.25, -0.2) is 9.97 Å². The summed E-state index contributed by atoms with van der Waals surface area (Å²) in [4.78, 5) is 8.99. The molecule has 1 aromatic heterocycles. The van der Waals surface area contributed by atoms with E-state index in [-0.39, 0.29) is 0 Å². The van der Waals surface area contributed by atoms with Gasteiger partial charge in [-0.15, -0.1) is 0 Å². The van der Waals surface area contributed by atoms with E-state index in [4.69, 9.17) is 5.73 Å². The summed E-state index contributed by atoms with van der Waals surface area (Å²) >= 11 is 0. The molecule has 0 atom stereocenters. The van der Waals surface area contributed by atoms with Crippen LogP contribution < -0.4 is 5.73 Å². The van der Waals surface area contributed by atoms with E-state index >= 15 is 0 Å². The van der Waals surface area contributed by atoms with E-state index in [1.165, 1.54) is 11.1 Å². The van der Waals surface area contributed by atoms with Crippen molar-refractivity contribution in [3.05, 3.63) is 77.6 Å². The highest BCUT2D eigenvalue weighted by molar-refractivity contribution is 5.61. The number of rotatable bonds is 3. The SMILES string of the molecule is Cc1cccc(Cc2nc(N)cc(-c3ccccc3)n2)c1. The Morgan fingerprint density at radius 1 is 0.905 bits per heavy atom. The molecule has 2 aromatic carbocycles. The van der Waals surface area contributed by atoms with Gasteiger partial charge in [0.2, 0.25) is 0 Å². The number of nitrogens with two attached hydrogens (primary N) is 1. The number of nitrogens with zero attached hydrogens (tertiary/aromatic N) is 2. The van der Waals surface area contributed by atoms with Crippen molar-refractivity contribution in [1.29, 1.82) is 0 Å². The van der Waals surface area contributed by atoms with Gasteiger partial charge in [0, 0.05) is 18.1 Å². The molecule has 3 rings (SSSR count). The fourth-order valence-electron chi connectivity index (χ4n) is 2.36. The molecule has 0 aliphatic rings. The van der Waals surface area contributed by atoms with Crippen LogP contribution in [0.1, 0.15) is 17.0 Å². The van der Waals surface area contributed by atoms with Crippen molar-refractivity contribution in [1.82, 2.24) is 9.97 Å². The van der Waals surface area contributed by atoms with Crippen molar-refractivity contribution in [2.45, 2.75) is 13.3 Å². The molecular weight excluding hydrogens is 258 g/mol. The van der Waals surface area contributed by atoms with Crippen molar-refractivity contribution >= 4 is 5.82 Å². The lowest BCUT2D eigenvalue weighted by atomic mass is 10.1. The fraction of sp³-hybridized carbons (Fsp3) is 0.111. The monoisotopic (exact) mass is 275 g/mol. The number of benzene rings is 2. The molecule has 3 heteroatoms. The number of hydrogen-bond donors (Lipinski definition) is 1. The van der Waals surface area contributed by atoms with Gasteiger partial charge in [-0.05, 0) is 12.5 Å². The highest BCUT2D eigenvalue weighted by atomic mass is 14.9. The lowest BCUT2D eigenvalue weighted by Gasteiger charge is -2.07. The highest BCUT2D eigenvalue weighted by Gasteiger charge is 2.06. The summed E-state index contributed by atoms with van der Waals surface area (Å²) in [6.45, 7) is 2.08. The van der Waals surface area contributed by atoms with Crippen molar-refractivity contribution < 1.29 is 0 Å². The normalized spacial score (nSPS) is 10.5. The van der Waals surface area contributed by atoms with E-state index in [1.807, 2.05) is 36.4 Å². The van der Waals surface area contributed by atoms with Crippen molar-refractivity contribution in [2.75, 3.05) is 5.73 Å². The predicted molar refractivity (Wildman–Crippen MR) is 85.9 cm³/mol. The van der Waals surface area contributed by atoms with E-state index in [2.05, 4.69) is 41.2 Å². The largest absolute Gasteiger partial charge is 0.384 e. The minimum atomic E-state index is 0.506. The first-order valence-corrected chi connectivity index (χ1v) is 6.95. The van der Waals surface area contributed by atoms with E-state index < -0.39 is 0 Å². The maximum atomic E-state index is 5.93. The summed E-state index contributed by atoms with van der Waals surface area (Å²) in [6.07, 6.45) is 0.687. The maximum absolute atomic E-state index is 5.93.